The van der Waals surface area contributed by atoms with Crippen molar-refractivity contribution in [2.45, 2.75) is 13.8 Å². The van der Waals surface area contributed by atoms with Crippen LogP contribution >= 0.6 is 11.6 Å². The highest BCUT2D eigenvalue weighted by Gasteiger charge is 2.17. The molecule has 0 radical (unpaired) electrons. The highest BCUT2D eigenvalue weighted by Crippen LogP contribution is 2.34. The zero-order valence-electron chi connectivity index (χ0n) is 11.2. The molecule has 0 unspecified atom stereocenters. The van der Waals surface area contributed by atoms with Crippen molar-refractivity contribution in [2.24, 2.45) is 7.05 Å². The highest BCUT2D eigenvalue weighted by molar-refractivity contribution is 6.29. The van der Waals surface area contributed by atoms with Gasteiger partial charge in [0.2, 0.25) is 5.28 Å². The van der Waals surface area contributed by atoms with E-state index in [4.69, 9.17) is 16.3 Å². The second kappa shape index (κ2) is 5.06. The first kappa shape index (κ1) is 13.0. The van der Waals surface area contributed by atoms with Crippen molar-refractivity contribution in [3.63, 3.8) is 0 Å². The van der Waals surface area contributed by atoms with Crippen LogP contribution in [0.15, 0.2) is 12.1 Å². The van der Waals surface area contributed by atoms with Crippen LogP contribution in [0.3, 0.4) is 0 Å². The lowest BCUT2D eigenvalue weighted by Gasteiger charge is -2.22. The fourth-order valence-electron chi connectivity index (χ4n) is 2.23. The van der Waals surface area contributed by atoms with E-state index in [-0.39, 0.29) is 0 Å². The standard InChI is InChI=1S/C13H18ClN3O/c1-5-17(6-2)9-7-8-10(18-4)11-12(9)16(3)13(14)15-11/h7-8H,5-6H2,1-4H3. The van der Waals surface area contributed by atoms with Crippen molar-refractivity contribution in [2.75, 3.05) is 25.1 Å². The van der Waals surface area contributed by atoms with Crippen molar-refractivity contribution in [1.29, 1.82) is 0 Å². The molecule has 0 aliphatic heterocycles. The van der Waals surface area contributed by atoms with E-state index in [2.05, 4.69) is 29.8 Å². The normalized spacial score (nSPS) is 10.9. The fourth-order valence-corrected chi connectivity index (χ4v) is 2.40. The molecule has 18 heavy (non-hydrogen) atoms. The first-order chi connectivity index (χ1) is 8.63. The number of imidazole rings is 1. The van der Waals surface area contributed by atoms with Gasteiger partial charge in [-0.05, 0) is 37.6 Å². The number of nitrogens with zero attached hydrogens (tertiary/aromatic N) is 3. The lowest BCUT2D eigenvalue weighted by atomic mass is 10.2. The molecule has 0 amide bonds. The van der Waals surface area contributed by atoms with Crippen molar-refractivity contribution in [3.8, 4) is 5.75 Å². The van der Waals surface area contributed by atoms with Crippen LogP contribution in [0.5, 0.6) is 5.75 Å². The van der Waals surface area contributed by atoms with E-state index < -0.39 is 0 Å². The van der Waals surface area contributed by atoms with Gasteiger partial charge >= 0.3 is 0 Å². The Morgan fingerprint density at radius 1 is 1.33 bits per heavy atom. The zero-order chi connectivity index (χ0) is 13.3. The smallest absolute Gasteiger partial charge is 0.203 e. The van der Waals surface area contributed by atoms with Crippen LogP contribution in [0.1, 0.15) is 13.8 Å². The van der Waals surface area contributed by atoms with Gasteiger partial charge in [-0.1, -0.05) is 0 Å². The van der Waals surface area contributed by atoms with Gasteiger partial charge in [0.15, 0.2) is 0 Å². The van der Waals surface area contributed by atoms with Crippen molar-refractivity contribution in [1.82, 2.24) is 9.55 Å². The SMILES string of the molecule is CCN(CC)c1ccc(OC)c2nc(Cl)n(C)c12. The molecule has 2 aromatic rings. The molecule has 1 aromatic heterocycles. The lowest BCUT2D eigenvalue weighted by Crippen LogP contribution is -2.22. The summed E-state index contributed by atoms with van der Waals surface area (Å²) in [6, 6.07) is 4.01. The molecule has 1 heterocycles. The number of fused-ring (bicyclic) bond motifs is 1. The van der Waals surface area contributed by atoms with Gasteiger partial charge in [-0.15, -0.1) is 0 Å². The first-order valence-corrected chi connectivity index (χ1v) is 6.45. The van der Waals surface area contributed by atoms with Crippen LogP contribution < -0.4 is 9.64 Å². The minimum atomic E-state index is 0.475. The average molecular weight is 268 g/mol. The largest absolute Gasteiger partial charge is 0.494 e. The van der Waals surface area contributed by atoms with Crippen LogP contribution in [-0.4, -0.2) is 29.8 Å². The number of benzene rings is 1. The molecule has 0 saturated heterocycles. The van der Waals surface area contributed by atoms with Gasteiger partial charge in [-0.25, -0.2) is 4.98 Å². The van der Waals surface area contributed by atoms with Crippen molar-refractivity contribution in [3.05, 3.63) is 17.4 Å². The molecule has 5 heteroatoms. The monoisotopic (exact) mass is 267 g/mol. The van der Waals surface area contributed by atoms with Gasteiger partial charge in [0.1, 0.15) is 11.3 Å². The number of aryl methyl sites for hydroxylation is 1. The molecule has 0 aliphatic carbocycles. The number of halogens is 1. The third-order valence-electron chi connectivity index (χ3n) is 3.23. The van der Waals surface area contributed by atoms with Gasteiger partial charge in [-0.2, -0.15) is 0 Å². The maximum Gasteiger partial charge on any atom is 0.203 e. The predicted molar refractivity (Wildman–Crippen MR) is 75.8 cm³/mol. The van der Waals surface area contributed by atoms with E-state index in [1.54, 1.807) is 7.11 Å². The molecule has 0 bridgehead atoms. The predicted octanol–water partition coefficient (Wildman–Crippen LogP) is 3.08. The molecule has 98 valence electrons. The molecule has 0 fully saturated rings. The number of rotatable bonds is 4. The number of methoxy groups -OCH3 is 1. The van der Waals surface area contributed by atoms with Crippen molar-refractivity contribution >= 4 is 28.3 Å². The van der Waals surface area contributed by atoms with Gasteiger partial charge in [0, 0.05) is 20.1 Å². The van der Waals surface area contributed by atoms with Crippen LogP contribution in [0.4, 0.5) is 5.69 Å². The Hall–Kier alpha value is -1.42. The van der Waals surface area contributed by atoms with Gasteiger partial charge in [-0.3, -0.25) is 0 Å². The number of aromatic nitrogens is 2. The van der Waals surface area contributed by atoms with E-state index in [9.17, 15) is 0 Å². The first-order valence-electron chi connectivity index (χ1n) is 6.07. The molecule has 0 spiro atoms. The summed E-state index contributed by atoms with van der Waals surface area (Å²) < 4.78 is 7.24. The molecule has 0 saturated carbocycles. The Morgan fingerprint density at radius 3 is 2.56 bits per heavy atom. The summed E-state index contributed by atoms with van der Waals surface area (Å²) in [6.07, 6.45) is 0. The number of hydrogen-bond donors (Lipinski definition) is 0. The lowest BCUT2D eigenvalue weighted by molar-refractivity contribution is 0.419. The summed E-state index contributed by atoms with van der Waals surface area (Å²) in [5.74, 6) is 0.753. The molecule has 4 nitrogen and oxygen atoms in total. The van der Waals surface area contributed by atoms with E-state index in [0.29, 0.717) is 5.28 Å². The third kappa shape index (κ3) is 1.90. The Bertz CT molecular complexity index is 561. The molecular weight excluding hydrogens is 250 g/mol. The third-order valence-corrected chi connectivity index (χ3v) is 3.57. The Labute approximate surface area is 112 Å². The maximum absolute atomic E-state index is 6.12. The second-order valence-electron chi connectivity index (χ2n) is 4.10. The summed E-state index contributed by atoms with van der Waals surface area (Å²) in [5, 5.41) is 0.475. The minimum absolute atomic E-state index is 0.475. The Morgan fingerprint density at radius 2 is 2.00 bits per heavy atom. The van der Waals surface area contributed by atoms with Gasteiger partial charge in [0.05, 0.1) is 18.3 Å². The second-order valence-corrected chi connectivity index (χ2v) is 4.43. The summed E-state index contributed by atoms with van der Waals surface area (Å²) >= 11 is 6.12. The molecular formula is C13H18ClN3O. The summed E-state index contributed by atoms with van der Waals surface area (Å²) in [6.45, 7) is 6.16. The van der Waals surface area contributed by atoms with E-state index >= 15 is 0 Å². The van der Waals surface area contributed by atoms with Gasteiger partial charge < -0.3 is 14.2 Å². The fraction of sp³-hybridized carbons (Fsp3) is 0.462. The molecule has 2 rings (SSSR count). The van der Waals surface area contributed by atoms with E-state index in [0.717, 1.165) is 35.6 Å². The molecule has 0 aliphatic rings. The van der Waals surface area contributed by atoms with Crippen LogP contribution in [0, 0.1) is 0 Å². The van der Waals surface area contributed by atoms with Crippen LogP contribution in [-0.2, 0) is 7.05 Å². The molecule has 0 N–H and O–H groups in total. The highest BCUT2D eigenvalue weighted by atomic mass is 35.5. The van der Waals surface area contributed by atoms with Crippen LogP contribution in [0.2, 0.25) is 5.28 Å². The zero-order valence-corrected chi connectivity index (χ0v) is 12.0. The van der Waals surface area contributed by atoms with E-state index in [1.807, 2.05) is 17.7 Å². The summed E-state index contributed by atoms with van der Waals surface area (Å²) in [5.41, 5.74) is 2.97. The minimum Gasteiger partial charge on any atom is -0.494 e. The summed E-state index contributed by atoms with van der Waals surface area (Å²) in [7, 11) is 3.57. The topological polar surface area (TPSA) is 30.3 Å². The average Bonchev–Trinajstić information content (AvgIpc) is 2.68. The Kier molecular flexibility index (Phi) is 3.66. The maximum atomic E-state index is 6.12. The number of ether oxygens (including phenoxy) is 1. The quantitative estimate of drug-likeness (QED) is 0.853. The Balaban J connectivity index is 2.75. The van der Waals surface area contributed by atoms with Crippen LogP contribution in [0.25, 0.3) is 11.0 Å². The van der Waals surface area contributed by atoms with Gasteiger partial charge in [0.25, 0.3) is 0 Å². The number of anilines is 1. The number of hydrogen-bond acceptors (Lipinski definition) is 3. The summed E-state index contributed by atoms with van der Waals surface area (Å²) in [4.78, 5) is 6.65. The van der Waals surface area contributed by atoms with Crippen molar-refractivity contribution < 1.29 is 4.74 Å². The molecule has 0 atom stereocenters. The van der Waals surface area contributed by atoms with E-state index in [1.165, 1.54) is 0 Å². The molecule has 1 aromatic carbocycles.